The molecule has 0 aliphatic heterocycles. The SMILES string of the molecule is Cc1cc(C)c(CNCCS)cc1C. The zero-order chi connectivity index (χ0) is 10.6. The summed E-state index contributed by atoms with van der Waals surface area (Å²) in [6.07, 6.45) is 0. The summed E-state index contributed by atoms with van der Waals surface area (Å²) in [4.78, 5) is 0. The van der Waals surface area contributed by atoms with Crippen molar-refractivity contribution in [1.82, 2.24) is 5.32 Å². The highest BCUT2D eigenvalue weighted by Gasteiger charge is 2.00. The number of nitrogens with one attached hydrogen (secondary N) is 1. The van der Waals surface area contributed by atoms with Crippen molar-refractivity contribution in [3.05, 3.63) is 34.4 Å². The predicted molar refractivity (Wildman–Crippen MR) is 66.2 cm³/mol. The van der Waals surface area contributed by atoms with E-state index in [1.807, 2.05) is 0 Å². The van der Waals surface area contributed by atoms with Crippen LogP contribution in [0.2, 0.25) is 0 Å². The average Bonchev–Trinajstić information content (AvgIpc) is 2.14. The molecule has 1 aromatic carbocycles. The number of aryl methyl sites for hydroxylation is 3. The molecule has 0 aromatic heterocycles. The van der Waals surface area contributed by atoms with Crippen LogP contribution < -0.4 is 5.32 Å². The molecule has 0 fully saturated rings. The third-order valence-electron chi connectivity index (χ3n) is 2.56. The van der Waals surface area contributed by atoms with Crippen molar-refractivity contribution in [3.8, 4) is 0 Å². The molecule has 0 heterocycles. The Kier molecular flexibility index (Phi) is 4.49. The van der Waals surface area contributed by atoms with Crippen molar-refractivity contribution < 1.29 is 0 Å². The molecule has 1 rings (SSSR count). The van der Waals surface area contributed by atoms with Gasteiger partial charge in [0.25, 0.3) is 0 Å². The molecular formula is C12H19NS. The Morgan fingerprint density at radius 3 is 2.36 bits per heavy atom. The highest BCUT2D eigenvalue weighted by molar-refractivity contribution is 7.80. The summed E-state index contributed by atoms with van der Waals surface area (Å²) in [5.74, 6) is 0.893. The summed E-state index contributed by atoms with van der Waals surface area (Å²) in [7, 11) is 0. The van der Waals surface area contributed by atoms with Crippen LogP contribution in [0.15, 0.2) is 12.1 Å². The molecule has 0 aliphatic carbocycles. The van der Waals surface area contributed by atoms with Crippen LogP contribution in [0.25, 0.3) is 0 Å². The van der Waals surface area contributed by atoms with Crippen molar-refractivity contribution in [2.24, 2.45) is 0 Å². The monoisotopic (exact) mass is 209 g/mol. The van der Waals surface area contributed by atoms with E-state index in [1.54, 1.807) is 0 Å². The summed E-state index contributed by atoms with van der Waals surface area (Å²) in [5, 5.41) is 3.36. The van der Waals surface area contributed by atoms with Crippen molar-refractivity contribution in [2.45, 2.75) is 27.3 Å². The van der Waals surface area contributed by atoms with E-state index in [4.69, 9.17) is 0 Å². The molecule has 0 bridgehead atoms. The molecule has 0 atom stereocenters. The molecule has 1 aromatic rings. The third-order valence-corrected chi connectivity index (χ3v) is 2.78. The van der Waals surface area contributed by atoms with Gasteiger partial charge in [-0.3, -0.25) is 0 Å². The predicted octanol–water partition coefficient (Wildman–Crippen LogP) is 2.63. The van der Waals surface area contributed by atoms with Gasteiger partial charge in [-0.05, 0) is 43.0 Å². The van der Waals surface area contributed by atoms with Gasteiger partial charge in [0.2, 0.25) is 0 Å². The minimum atomic E-state index is 0.893. The van der Waals surface area contributed by atoms with Gasteiger partial charge in [0.1, 0.15) is 0 Å². The molecule has 0 amide bonds. The summed E-state index contributed by atoms with van der Waals surface area (Å²) in [5.41, 5.74) is 5.52. The molecule has 0 radical (unpaired) electrons. The van der Waals surface area contributed by atoms with E-state index in [1.165, 1.54) is 22.3 Å². The lowest BCUT2D eigenvalue weighted by Gasteiger charge is -2.10. The first-order chi connectivity index (χ1) is 6.65. The second-order valence-electron chi connectivity index (χ2n) is 3.76. The van der Waals surface area contributed by atoms with Crippen LogP contribution in [-0.4, -0.2) is 12.3 Å². The second kappa shape index (κ2) is 5.42. The molecule has 14 heavy (non-hydrogen) atoms. The highest BCUT2D eigenvalue weighted by atomic mass is 32.1. The fourth-order valence-electron chi connectivity index (χ4n) is 1.51. The standard InChI is InChI=1S/C12H19NS/c1-9-6-11(3)12(7-10(9)2)8-13-4-5-14/h6-7,13-14H,4-5,8H2,1-3H3. The van der Waals surface area contributed by atoms with E-state index in [9.17, 15) is 0 Å². The van der Waals surface area contributed by atoms with Crippen LogP contribution in [0, 0.1) is 20.8 Å². The first-order valence-corrected chi connectivity index (χ1v) is 5.66. The lowest BCUT2D eigenvalue weighted by atomic mass is 10.0. The smallest absolute Gasteiger partial charge is 0.0208 e. The van der Waals surface area contributed by atoms with Gasteiger partial charge in [-0.25, -0.2) is 0 Å². The molecule has 0 spiro atoms. The number of hydrogen-bond donors (Lipinski definition) is 2. The normalized spacial score (nSPS) is 10.6. The van der Waals surface area contributed by atoms with Gasteiger partial charge < -0.3 is 5.32 Å². The van der Waals surface area contributed by atoms with Crippen molar-refractivity contribution in [1.29, 1.82) is 0 Å². The maximum atomic E-state index is 4.17. The Morgan fingerprint density at radius 1 is 1.07 bits per heavy atom. The summed E-state index contributed by atoms with van der Waals surface area (Å²) >= 11 is 4.17. The zero-order valence-corrected chi connectivity index (χ0v) is 10.1. The number of hydrogen-bond acceptors (Lipinski definition) is 2. The number of benzene rings is 1. The van der Waals surface area contributed by atoms with Crippen LogP contribution in [0.1, 0.15) is 22.3 Å². The summed E-state index contributed by atoms with van der Waals surface area (Å²) < 4.78 is 0. The molecule has 0 saturated carbocycles. The quantitative estimate of drug-likeness (QED) is 0.574. The Labute approximate surface area is 92.3 Å². The molecule has 0 saturated heterocycles. The molecule has 1 nitrogen and oxygen atoms in total. The fourth-order valence-corrected chi connectivity index (χ4v) is 1.67. The van der Waals surface area contributed by atoms with E-state index in [0.29, 0.717) is 0 Å². The topological polar surface area (TPSA) is 12.0 Å². The fraction of sp³-hybridized carbons (Fsp3) is 0.500. The van der Waals surface area contributed by atoms with Gasteiger partial charge in [-0.1, -0.05) is 12.1 Å². The Hall–Kier alpha value is -0.470. The first kappa shape index (κ1) is 11.6. The Balaban J connectivity index is 2.72. The maximum Gasteiger partial charge on any atom is 0.0208 e. The largest absolute Gasteiger partial charge is 0.312 e. The maximum absolute atomic E-state index is 4.17. The average molecular weight is 209 g/mol. The van der Waals surface area contributed by atoms with Crippen LogP contribution >= 0.6 is 12.6 Å². The molecule has 78 valence electrons. The Morgan fingerprint density at radius 2 is 1.71 bits per heavy atom. The van der Waals surface area contributed by atoms with E-state index >= 15 is 0 Å². The van der Waals surface area contributed by atoms with Gasteiger partial charge in [-0.2, -0.15) is 12.6 Å². The third kappa shape index (κ3) is 3.03. The Bertz CT molecular complexity index is 307. The molecule has 2 heteroatoms. The van der Waals surface area contributed by atoms with Crippen molar-refractivity contribution in [3.63, 3.8) is 0 Å². The molecule has 1 N–H and O–H groups in total. The lowest BCUT2D eigenvalue weighted by Crippen LogP contribution is -2.16. The number of thiol groups is 1. The van der Waals surface area contributed by atoms with Crippen LogP contribution in [0.5, 0.6) is 0 Å². The molecule has 0 aliphatic rings. The minimum Gasteiger partial charge on any atom is -0.312 e. The highest BCUT2D eigenvalue weighted by Crippen LogP contribution is 2.14. The zero-order valence-electron chi connectivity index (χ0n) is 9.22. The minimum absolute atomic E-state index is 0.893. The summed E-state index contributed by atoms with van der Waals surface area (Å²) in [6.45, 7) is 8.41. The van der Waals surface area contributed by atoms with E-state index in [2.05, 4.69) is 50.8 Å². The van der Waals surface area contributed by atoms with E-state index in [-0.39, 0.29) is 0 Å². The van der Waals surface area contributed by atoms with Crippen molar-refractivity contribution in [2.75, 3.05) is 12.3 Å². The first-order valence-electron chi connectivity index (χ1n) is 5.03. The van der Waals surface area contributed by atoms with Gasteiger partial charge in [0.05, 0.1) is 0 Å². The van der Waals surface area contributed by atoms with Crippen molar-refractivity contribution >= 4 is 12.6 Å². The van der Waals surface area contributed by atoms with Gasteiger partial charge in [-0.15, -0.1) is 0 Å². The van der Waals surface area contributed by atoms with Gasteiger partial charge in [0, 0.05) is 18.8 Å². The molecular weight excluding hydrogens is 190 g/mol. The molecule has 0 unspecified atom stereocenters. The van der Waals surface area contributed by atoms with Crippen LogP contribution in [0.4, 0.5) is 0 Å². The number of rotatable bonds is 4. The van der Waals surface area contributed by atoms with Crippen LogP contribution in [-0.2, 0) is 6.54 Å². The van der Waals surface area contributed by atoms with E-state index < -0.39 is 0 Å². The lowest BCUT2D eigenvalue weighted by molar-refractivity contribution is 0.729. The summed E-state index contributed by atoms with van der Waals surface area (Å²) in [6, 6.07) is 4.53. The van der Waals surface area contributed by atoms with Crippen LogP contribution in [0.3, 0.4) is 0 Å². The van der Waals surface area contributed by atoms with Gasteiger partial charge in [0.15, 0.2) is 0 Å². The second-order valence-corrected chi connectivity index (χ2v) is 4.21. The van der Waals surface area contributed by atoms with Gasteiger partial charge >= 0.3 is 0 Å². The van der Waals surface area contributed by atoms with E-state index in [0.717, 1.165) is 18.8 Å².